The standard InChI is InChI=1S/C21H23N7O3/c1-14-15(2)27(13-22-14)20-12-19(23-16(3)24-20)25-8-10-26(11-9-25)21(29)17-4-6-18(7-5-17)28(30)31/h4-7,12-13H,8-11H2,1-3H3. The summed E-state index contributed by atoms with van der Waals surface area (Å²) in [5, 5.41) is 10.8. The summed E-state index contributed by atoms with van der Waals surface area (Å²) in [5.74, 6) is 2.13. The van der Waals surface area contributed by atoms with Crippen LogP contribution >= 0.6 is 0 Å². The van der Waals surface area contributed by atoms with Crippen molar-refractivity contribution in [3.8, 4) is 5.82 Å². The zero-order valence-electron chi connectivity index (χ0n) is 17.6. The van der Waals surface area contributed by atoms with Gasteiger partial charge in [-0.15, -0.1) is 0 Å². The topological polar surface area (TPSA) is 110 Å². The second kappa shape index (κ2) is 8.13. The van der Waals surface area contributed by atoms with Crippen molar-refractivity contribution in [1.29, 1.82) is 0 Å². The maximum atomic E-state index is 12.8. The molecule has 0 spiro atoms. The predicted octanol–water partition coefficient (Wildman–Crippen LogP) is 2.46. The molecule has 1 fully saturated rings. The van der Waals surface area contributed by atoms with Crippen LogP contribution in [0, 0.1) is 30.9 Å². The Labute approximate surface area is 179 Å². The lowest BCUT2D eigenvalue weighted by Crippen LogP contribution is -2.49. The normalized spacial score (nSPS) is 14.0. The van der Waals surface area contributed by atoms with Crippen LogP contribution < -0.4 is 4.90 Å². The monoisotopic (exact) mass is 421 g/mol. The zero-order valence-corrected chi connectivity index (χ0v) is 17.6. The molecule has 1 aromatic carbocycles. The van der Waals surface area contributed by atoms with Gasteiger partial charge >= 0.3 is 0 Å². The molecule has 0 aliphatic carbocycles. The van der Waals surface area contributed by atoms with Crippen molar-refractivity contribution in [1.82, 2.24) is 24.4 Å². The molecule has 10 heteroatoms. The highest BCUT2D eigenvalue weighted by Gasteiger charge is 2.24. The van der Waals surface area contributed by atoms with Gasteiger partial charge in [-0.05, 0) is 32.9 Å². The van der Waals surface area contributed by atoms with Crippen LogP contribution in [0.15, 0.2) is 36.7 Å². The van der Waals surface area contributed by atoms with E-state index in [9.17, 15) is 14.9 Å². The number of hydrogen-bond donors (Lipinski definition) is 0. The molecule has 160 valence electrons. The number of aryl methyl sites for hydroxylation is 2. The summed E-state index contributed by atoms with van der Waals surface area (Å²) < 4.78 is 1.95. The first-order chi connectivity index (χ1) is 14.8. The van der Waals surface area contributed by atoms with Gasteiger partial charge in [0.05, 0.1) is 10.6 Å². The van der Waals surface area contributed by atoms with Crippen molar-refractivity contribution < 1.29 is 9.72 Å². The van der Waals surface area contributed by atoms with E-state index in [1.54, 1.807) is 11.2 Å². The summed E-state index contributed by atoms with van der Waals surface area (Å²) in [7, 11) is 0. The van der Waals surface area contributed by atoms with Gasteiger partial charge in [0.25, 0.3) is 11.6 Å². The smallest absolute Gasteiger partial charge is 0.269 e. The van der Waals surface area contributed by atoms with E-state index >= 15 is 0 Å². The fourth-order valence-electron chi connectivity index (χ4n) is 3.60. The summed E-state index contributed by atoms with van der Waals surface area (Å²) in [6.45, 7) is 8.17. The van der Waals surface area contributed by atoms with E-state index in [2.05, 4.69) is 19.9 Å². The van der Waals surface area contributed by atoms with Gasteiger partial charge in [-0.25, -0.2) is 15.0 Å². The Morgan fingerprint density at radius 2 is 1.65 bits per heavy atom. The van der Waals surface area contributed by atoms with E-state index in [-0.39, 0.29) is 11.6 Å². The lowest BCUT2D eigenvalue weighted by molar-refractivity contribution is -0.384. The van der Waals surface area contributed by atoms with Crippen molar-refractivity contribution >= 4 is 17.4 Å². The largest absolute Gasteiger partial charge is 0.353 e. The number of benzene rings is 1. The molecular weight excluding hydrogens is 398 g/mol. The van der Waals surface area contributed by atoms with Gasteiger partial charge in [0, 0.05) is 55.6 Å². The Morgan fingerprint density at radius 3 is 2.23 bits per heavy atom. The number of nitro benzene ring substituents is 1. The fraction of sp³-hybridized carbons (Fsp3) is 0.333. The number of nitro groups is 1. The molecular formula is C21H23N7O3. The lowest BCUT2D eigenvalue weighted by Gasteiger charge is -2.35. The van der Waals surface area contributed by atoms with Gasteiger partial charge in [0.1, 0.15) is 23.8 Å². The molecule has 0 bridgehead atoms. The molecule has 3 aromatic rings. The van der Waals surface area contributed by atoms with Crippen molar-refractivity contribution in [2.24, 2.45) is 0 Å². The van der Waals surface area contributed by atoms with Crippen LogP contribution in [0.3, 0.4) is 0 Å². The van der Waals surface area contributed by atoms with E-state index in [1.807, 2.05) is 31.4 Å². The van der Waals surface area contributed by atoms with E-state index in [1.165, 1.54) is 24.3 Å². The summed E-state index contributed by atoms with van der Waals surface area (Å²) in [4.78, 5) is 40.5. The highest BCUT2D eigenvalue weighted by molar-refractivity contribution is 5.94. The van der Waals surface area contributed by atoms with E-state index < -0.39 is 4.92 Å². The Kier molecular flexibility index (Phi) is 5.37. The van der Waals surface area contributed by atoms with Crippen LogP contribution in [-0.2, 0) is 0 Å². The Hall–Kier alpha value is -3.82. The number of carbonyl (C=O) groups is 1. The van der Waals surface area contributed by atoms with E-state index in [0.717, 1.165) is 23.0 Å². The first-order valence-electron chi connectivity index (χ1n) is 9.99. The molecule has 1 aliphatic heterocycles. The predicted molar refractivity (Wildman–Crippen MR) is 115 cm³/mol. The van der Waals surface area contributed by atoms with Crippen LogP contribution in [0.2, 0.25) is 0 Å². The molecule has 10 nitrogen and oxygen atoms in total. The zero-order chi connectivity index (χ0) is 22.1. The third-order valence-electron chi connectivity index (χ3n) is 5.53. The number of imidazole rings is 1. The summed E-state index contributed by atoms with van der Waals surface area (Å²) in [5.41, 5.74) is 2.41. The number of piperazine rings is 1. The number of hydrogen-bond acceptors (Lipinski definition) is 7. The second-order valence-electron chi connectivity index (χ2n) is 7.50. The quantitative estimate of drug-likeness (QED) is 0.470. The third kappa shape index (κ3) is 4.09. The van der Waals surface area contributed by atoms with Crippen LogP contribution in [0.4, 0.5) is 11.5 Å². The maximum absolute atomic E-state index is 12.8. The SMILES string of the molecule is Cc1nc(N2CCN(C(=O)c3ccc([N+](=O)[O-])cc3)CC2)cc(-n2cnc(C)c2C)n1. The van der Waals surface area contributed by atoms with E-state index in [4.69, 9.17) is 0 Å². The number of anilines is 1. The average molecular weight is 421 g/mol. The number of nitrogens with zero attached hydrogens (tertiary/aromatic N) is 7. The molecule has 3 heterocycles. The summed E-state index contributed by atoms with van der Waals surface area (Å²) in [6, 6.07) is 7.66. The fourth-order valence-corrected chi connectivity index (χ4v) is 3.60. The Balaban J connectivity index is 1.47. The Morgan fingerprint density at radius 1 is 1.00 bits per heavy atom. The number of rotatable bonds is 4. The number of amides is 1. The van der Waals surface area contributed by atoms with Crippen LogP contribution in [0.5, 0.6) is 0 Å². The maximum Gasteiger partial charge on any atom is 0.269 e. The molecule has 2 aromatic heterocycles. The van der Waals surface area contributed by atoms with Gasteiger partial charge in [0.15, 0.2) is 0 Å². The number of non-ortho nitro benzene ring substituents is 1. The Bertz CT molecular complexity index is 1130. The molecule has 1 saturated heterocycles. The van der Waals surface area contributed by atoms with Gasteiger partial charge in [0.2, 0.25) is 0 Å². The molecule has 0 N–H and O–H groups in total. The highest BCUT2D eigenvalue weighted by Crippen LogP contribution is 2.20. The molecule has 4 rings (SSSR count). The van der Waals surface area contributed by atoms with Gasteiger partial charge in [-0.1, -0.05) is 0 Å². The summed E-state index contributed by atoms with van der Waals surface area (Å²) in [6.07, 6.45) is 1.76. The van der Waals surface area contributed by atoms with Crippen molar-refractivity contribution in [3.05, 3.63) is 69.5 Å². The molecule has 0 radical (unpaired) electrons. The number of carbonyl (C=O) groups excluding carboxylic acids is 1. The van der Waals surface area contributed by atoms with Gasteiger partial charge in [-0.2, -0.15) is 0 Å². The van der Waals surface area contributed by atoms with Crippen LogP contribution in [0.25, 0.3) is 5.82 Å². The second-order valence-corrected chi connectivity index (χ2v) is 7.50. The minimum Gasteiger partial charge on any atom is -0.353 e. The molecule has 0 unspecified atom stereocenters. The molecule has 31 heavy (non-hydrogen) atoms. The first kappa shape index (κ1) is 20.5. The van der Waals surface area contributed by atoms with Crippen molar-refractivity contribution in [2.75, 3.05) is 31.1 Å². The summed E-state index contributed by atoms with van der Waals surface area (Å²) >= 11 is 0. The lowest BCUT2D eigenvalue weighted by atomic mass is 10.1. The van der Waals surface area contributed by atoms with Gasteiger partial charge < -0.3 is 9.80 Å². The number of aromatic nitrogens is 4. The van der Waals surface area contributed by atoms with Crippen LogP contribution in [-0.4, -0.2) is 61.4 Å². The first-order valence-corrected chi connectivity index (χ1v) is 9.99. The minimum absolute atomic E-state index is 0.0281. The average Bonchev–Trinajstić information content (AvgIpc) is 3.11. The highest BCUT2D eigenvalue weighted by atomic mass is 16.6. The van der Waals surface area contributed by atoms with Crippen molar-refractivity contribution in [3.63, 3.8) is 0 Å². The minimum atomic E-state index is -0.475. The molecule has 0 atom stereocenters. The van der Waals surface area contributed by atoms with Crippen LogP contribution in [0.1, 0.15) is 27.6 Å². The third-order valence-corrected chi connectivity index (χ3v) is 5.53. The molecule has 1 aliphatic rings. The van der Waals surface area contributed by atoms with E-state index in [0.29, 0.717) is 37.6 Å². The molecule has 0 saturated carbocycles. The van der Waals surface area contributed by atoms with Gasteiger partial charge in [-0.3, -0.25) is 19.5 Å². The van der Waals surface area contributed by atoms with Crippen molar-refractivity contribution in [2.45, 2.75) is 20.8 Å². The molecule has 1 amide bonds.